The lowest BCUT2D eigenvalue weighted by molar-refractivity contribution is -0.175. The zero-order chi connectivity index (χ0) is 29.8. The van der Waals surface area contributed by atoms with E-state index in [1.807, 2.05) is 0 Å². The van der Waals surface area contributed by atoms with Gasteiger partial charge in [0.05, 0.1) is 24.1 Å². The third-order valence-electron chi connectivity index (χ3n) is 6.94. The summed E-state index contributed by atoms with van der Waals surface area (Å²) in [5.74, 6) is -3.30. The van der Waals surface area contributed by atoms with Crippen LogP contribution in [0.4, 0.5) is 9.59 Å². The molecular formula is C22H26N6O10S2. The number of phenols is 1. The Morgan fingerprint density at radius 2 is 1.77 bits per heavy atom. The number of fused-ring (bicyclic) bond motifs is 1. The smallest absolute Gasteiger partial charge is 0.352 e. The number of hydrogen-bond donors (Lipinski definition) is 5. The topological polar surface area (TPSA) is 223 Å². The normalized spacial score (nSPS) is 26.0. The number of carbonyl (C=O) groups excluding carboxylic acids is 5. The molecule has 1 unspecified atom stereocenters. The number of aromatic hydroxyl groups is 1. The zero-order valence-corrected chi connectivity index (χ0v) is 23.0. The number of rotatable bonds is 8. The van der Waals surface area contributed by atoms with Crippen LogP contribution in [0.5, 0.6) is 5.75 Å². The fourth-order valence-corrected chi connectivity index (χ4v) is 7.42. The molecule has 5 N–H and O–H groups in total. The molecular weight excluding hydrogens is 572 g/mol. The summed E-state index contributed by atoms with van der Waals surface area (Å²) < 4.78 is 22.9. The van der Waals surface area contributed by atoms with E-state index in [0.29, 0.717) is 9.21 Å². The number of imide groups is 1. The van der Waals surface area contributed by atoms with Gasteiger partial charge in [-0.25, -0.2) is 32.0 Å². The first-order valence-corrected chi connectivity index (χ1v) is 14.4. The minimum atomic E-state index is -3.93. The molecule has 0 aliphatic carbocycles. The molecule has 3 aliphatic heterocycles. The van der Waals surface area contributed by atoms with E-state index in [2.05, 4.69) is 16.0 Å². The average Bonchev–Trinajstić information content (AvgIpc) is 3.35. The van der Waals surface area contributed by atoms with Gasteiger partial charge in [0, 0.05) is 0 Å². The second-order valence-corrected chi connectivity index (χ2v) is 13.4. The van der Waals surface area contributed by atoms with E-state index in [1.165, 1.54) is 38.1 Å². The third kappa shape index (κ3) is 4.45. The van der Waals surface area contributed by atoms with Gasteiger partial charge in [0.15, 0.2) is 0 Å². The number of phenolic OH excluding ortho intramolecular Hbond substituents is 1. The number of sulfonamides is 1. The van der Waals surface area contributed by atoms with E-state index < -0.39 is 67.7 Å². The fraction of sp³-hybridized carbons (Fsp3) is 0.455. The first-order chi connectivity index (χ1) is 18.6. The van der Waals surface area contributed by atoms with Gasteiger partial charge in [0.2, 0.25) is 28.0 Å². The Morgan fingerprint density at radius 1 is 1.15 bits per heavy atom. The minimum absolute atomic E-state index is 0.144. The molecule has 0 aromatic heterocycles. The molecule has 3 heterocycles. The molecule has 1 aromatic rings. The van der Waals surface area contributed by atoms with Crippen molar-refractivity contribution in [2.45, 2.75) is 41.7 Å². The molecule has 3 fully saturated rings. The van der Waals surface area contributed by atoms with E-state index in [0.717, 1.165) is 22.9 Å². The van der Waals surface area contributed by atoms with Crippen molar-refractivity contribution in [3.63, 3.8) is 0 Å². The molecule has 0 radical (unpaired) electrons. The van der Waals surface area contributed by atoms with E-state index in [1.54, 1.807) is 0 Å². The Kier molecular flexibility index (Phi) is 7.12. The van der Waals surface area contributed by atoms with Gasteiger partial charge >= 0.3 is 18.0 Å². The van der Waals surface area contributed by atoms with Crippen molar-refractivity contribution in [1.82, 2.24) is 30.1 Å². The molecule has 40 heavy (non-hydrogen) atoms. The fourth-order valence-electron chi connectivity index (χ4n) is 4.92. The highest BCUT2D eigenvalue weighted by molar-refractivity contribution is 8.01. The summed E-state index contributed by atoms with van der Waals surface area (Å²) in [6.07, 6.45) is 0.989. The Hall–Kier alpha value is -4.06. The third-order valence-corrected chi connectivity index (χ3v) is 9.69. The highest BCUT2D eigenvalue weighted by atomic mass is 32.2. The van der Waals surface area contributed by atoms with Crippen molar-refractivity contribution >= 4 is 58.0 Å². The summed E-state index contributed by atoms with van der Waals surface area (Å²) >= 11 is 1.05. The molecule has 18 heteroatoms. The molecule has 216 valence electrons. The molecule has 0 bridgehead atoms. The van der Waals surface area contributed by atoms with Crippen molar-refractivity contribution in [2.24, 2.45) is 0 Å². The maximum absolute atomic E-state index is 13.4. The van der Waals surface area contributed by atoms with Crippen molar-refractivity contribution in [1.29, 1.82) is 0 Å². The van der Waals surface area contributed by atoms with E-state index in [4.69, 9.17) is 0 Å². The molecule has 1 aromatic carbocycles. The molecule has 4 atom stereocenters. The molecule has 0 saturated carbocycles. The SMILES string of the molecule is CC1(C)S[C@@H]2[C@@H](NC(=O)C(NC(=O)N3CCN(S(C)(=O)=O)C3=O)c3ccc(O)cc3)C(=O)N2[C@@]1(NC=O)C(=O)O. The van der Waals surface area contributed by atoms with Crippen LogP contribution in [0.2, 0.25) is 0 Å². The Labute approximate surface area is 232 Å². The van der Waals surface area contributed by atoms with Gasteiger partial charge in [-0.1, -0.05) is 12.1 Å². The lowest BCUT2D eigenvalue weighted by Gasteiger charge is -2.49. The Balaban J connectivity index is 1.57. The number of aliphatic carboxylic acids is 1. The zero-order valence-electron chi connectivity index (χ0n) is 21.4. The second-order valence-electron chi connectivity index (χ2n) is 9.73. The van der Waals surface area contributed by atoms with Crippen molar-refractivity contribution in [2.75, 3.05) is 19.3 Å². The lowest BCUT2D eigenvalue weighted by atomic mass is 9.88. The van der Waals surface area contributed by atoms with Crippen LogP contribution in [0, 0.1) is 0 Å². The van der Waals surface area contributed by atoms with Crippen LogP contribution in [0.1, 0.15) is 25.5 Å². The molecule has 3 saturated heterocycles. The number of benzene rings is 1. The number of hydrogen-bond acceptors (Lipinski definition) is 10. The summed E-state index contributed by atoms with van der Waals surface area (Å²) in [5, 5.41) is 25.8. The molecule has 7 amide bonds. The Bertz CT molecular complexity index is 1400. The van der Waals surface area contributed by atoms with Gasteiger partial charge < -0.3 is 26.2 Å². The van der Waals surface area contributed by atoms with Crippen LogP contribution in [0.3, 0.4) is 0 Å². The van der Waals surface area contributed by atoms with Crippen molar-refractivity contribution in [3.05, 3.63) is 29.8 Å². The Morgan fingerprint density at radius 3 is 2.30 bits per heavy atom. The van der Waals surface area contributed by atoms with Crippen LogP contribution < -0.4 is 16.0 Å². The number of β-lactam (4-membered cyclic amide) rings is 1. The predicted molar refractivity (Wildman–Crippen MR) is 137 cm³/mol. The largest absolute Gasteiger partial charge is 0.508 e. The quantitative estimate of drug-likeness (QED) is 0.172. The number of carbonyl (C=O) groups is 6. The number of thioether (sulfide) groups is 1. The van der Waals surface area contributed by atoms with Gasteiger partial charge in [-0.05, 0) is 31.5 Å². The first-order valence-electron chi connectivity index (χ1n) is 11.7. The number of carboxylic acid groups (broad SMARTS) is 1. The molecule has 3 aliphatic rings. The molecule has 16 nitrogen and oxygen atoms in total. The van der Waals surface area contributed by atoms with Gasteiger partial charge in [-0.15, -0.1) is 11.8 Å². The maximum Gasteiger partial charge on any atom is 0.352 e. The summed E-state index contributed by atoms with van der Waals surface area (Å²) in [6.45, 7) is 2.51. The predicted octanol–water partition coefficient (Wildman–Crippen LogP) is -1.45. The number of urea groups is 2. The number of carboxylic acids is 1. The highest BCUT2D eigenvalue weighted by Gasteiger charge is 2.73. The molecule has 0 spiro atoms. The van der Waals surface area contributed by atoms with Gasteiger partial charge in [-0.2, -0.15) is 0 Å². The standard InChI is InChI=1S/C22H26N6O10S2/c1-21(2)22(18(33)34,23-10-29)28-16(32)14(17(28)39-21)24-15(31)13(11-4-6-12(30)7-5-11)25-19(35)26-8-9-27(20(26)36)40(3,37)38/h4-7,10,13-14,17,30H,8-9H2,1-3H3,(H,23,29)(H,24,31)(H,25,35)(H,33,34)/t13?,14-,17+,22-/m0/s1. The minimum Gasteiger partial charge on any atom is -0.508 e. The van der Waals surface area contributed by atoms with E-state index in [9.17, 15) is 47.4 Å². The summed E-state index contributed by atoms with van der Waals surface area (Å²) in [4.78, 5) is 77.1. The summed E-state index contributed by atoms with van der Waals surface area (Å²) in [6, 6.07) is 0.205. The van der Waals surface area contributed by atoms with Crippen LogP contribution in [0.25, 0.3) is 0 Å². The van der Waals surface area contributed by atoms with Crippen LogP contribution in [0.15, 0.2) is 24.3 Å². The number of nitrogens with zero attached hydrogens (tertiary/aromatic N) is 3. The van der Waals surface area contributed by atoms with Gasteiger partial charge in [0.25, 0.3) is 5.91 Å². The second kappa shape index (κ2) is 9.84. The number of nitrogens with one attached hydrogen (secondary N) is 3. The van der Waals surface area contributed by atoms with Crippen molar-refractivity contribution in [3.8, 4) is 5.75 Å². The van der Waals surface area contributed by atoms with Crippen LogP contribution in [-0.4, -0.2) is 110 Å². The van der Waals surface area contributed by atoms with E-state index in [-0.39, 0.29) is 30.8 Å². The molecule has 4 rings (SSSR count). The summed E-state index contributed by atoms with van der Waals surface area (Å²) in [7, 11) is -3.93. The lowest BCUT2D eigenvalue weighted by Crippen LogP contribution is -2.79. The number of amides is 7. The first kappa shape index (κ1) is 28.9. The van der Waals surface area contributed by atoms with Crippen molar-refractivity contribution < 1.29 is 47.4 Å². The van der Waals surface area contributed by atoms with Crippen LogP contribution >= 0.6 is 11.8 Å². The summed E-state index contributed by atoms with van der Waals surface area (Å²) in [5.41, 5.74) is -1.92. The van der Waals surface area contributed by atoms with Crippen LogP contribution in [-0.2, 0) is 29.2 Å². The van der Waals surface area contributed by atoms with Gasteiger partial charge in [0.1, 0.15) is 23.2 Å². The average molecular weight is 599 g/mol. The maximum atomic E-state index is 13.4. The van der Waals surface area contributed by atoms with Gasteiger partial charge in [-0.3, -0.25) is 19.3 Å². The highest BCUT2D eigenvalue weighted by Crippen LogP contribution is 2.55. The monoisotopic (exact) mass is 598 g/mol. The van der Waals surface area contributed by atoms with E-state index >= 15 is 0 Å².